The molecule has 0 bridgehead atoms. The van der Waals surface area contributed by atoms with E-state index in [1.807, 2.05) is 74.5 Å². The molecule has 2 amide bonds. The van der Waals surface area contributed by atoms with Crippen molar-refractivity contribution in [2.24, 2.45) is 0 Å². The van der Waals surface area contributed by atoms with Crippen LogP contribution in [0.1, 0.15) is 19.4 Å². The second-order valence-electron chi connectivity index (χ2n) is 7.20. The number of thioether (sulfide) groups is 1. The molecule has 0 aliphatic rings. The lowest BCUT2D eigenvalue weighted by Crippen LogP contribution is -2.42. The second-order valence-corrected chi connectivity index (χ2v) is 8.89. The summed E-state index contributed by atoms with van der Waals surface area (Å²) in [7, 11) is 0. The van der Waals surface area contributed by atoms with Crippen LogP contribution in [0.4, 0.5) is 10.5 Å². The minimum atomic E-state index is -0.793. The molecule has 0 saturated carbocycles. The van der Waals surface area contributed by atoms with Crippen molar-refractivity contribution in [3.05, 3.63) is 90.5 Å². The van der Waals surface area contributed by atoms with Crippen molar-refractivity contribution >= 4 is 29.4 Å². The van der Waals surface area contributed by atoms with Crippen LogP contribution >= 0.6 is 11.8 Å². The van der Waals surface area contributed by atoms with E-state index in [-0.39, 0.29) is 17.8 Å². The lowest BCUT2D eigenvalue weighted by Gasteiger charge is -2.19. The van der Waals surface area contributed by atoms with Crippen LogP contribution in [0.5, 0.6) is 11.5 Å². The number of carbonyl (C=O) groups is 2. The lowest BCUT2D eigenvalue weighted by molar-refractivity contribution is -0.116. The van der Waals surface area contributed by atoms with E-state index < -0.39 is 11.5 Å². The number of anilines is 1. The average molecular weight is 451 g/mol. The summed E-state index contributed by atoms with van der Waals surface area (Å²) in [5.41, 5.74) is 1.47. The van der Waals surface area contributed by atoms with Gasteiger partial charge >= 0.3 is 6.09 Å². The Hall–Kier alpha value is -3.45. The van der Waals surface area contributed by atoms with Crippen molar-refractivity contribution in [1.29, 1.82) is 0 Å². The highest BCUT2D eigenvalue weighted by atomic mass is 32.2. The van der Waals surface area contributed by atoms with Crippen LogP contribution in [0.15, 0.2) is 84.9 Å². The number of hydrogen-bond donors (Lipinski definition) is 2. The van der Waals surface area contributed by atoms with E-state index >= 15 is 0 Å². The third-order valence-electron chi connectivity index (χ3n) is 4.21. The average Bonchev–Trinajstić information content (AvgIpc) is 2.79. The molecule has 0 saturated heterocycles. The number of alkyl carbamates (subject to hydrolysis) is 1. The fourth-order valence-electron chi connectivity index (χ4n) is 2.74. The molecule has 0 fully saturated rings. The van der Waals surface area contributed by atoms with Crippen molar-refractivity contribution in [2.45, 2.75) is 31.1 Å². The first-order valence-corrected chi connectivity index (χ1v) is 11.2. The Morgan fingerprint density at radius 2 is 1.44 bits per heavy atom. The SMILES string of the molecule is CC(C)SC(NC(=O)OCc1ccccc1)C(=O)Nc1ccc(Oc2ccccc2)cc1. The van der Waals surface area contributed by atoms with Gasteiger partial charge in [-0.2, -0.15) is 0 Å². The van der Waals surface area contributed by atoms with Gasteiger partial charge in [0.1, 0.15) is 18.1 Å². The lowest BCUT2D eigenvalue weighted by atomic mass is 10.2. The zero-order valence-electron chi connectivity index (χ0n) is 18.0. The van der Waals surface area contributed by atoms with Crippen LogP contribution in [0.25, 0.3) is 0 Å². The highest BCUT2D eigenvalue weighted by Crippen LogP contribution is 2.23. The molecule has 0 radical (unpaired) electrons. The number of rotatable bonds is 9. The Morgan fingerprint density at radius 3 is 2.06 bits per heavy atom. The molecule has 3 aromatic rings. The molecule has 0 aliphatic carbocycles. The molecular weight excluding hydrogens is 424 g/mol. The first-order chi connectivity index (χ1) is 15.5. The van der Waals surface area contributed by atoms with Gasteiger partial charge in [0.15, 0.2) is 5.37 Å². The van der Waals surface area contributed by atoms with E-state index in [1.165, 1.54) is 11.8 Å². The van der Waals surface area contributed by atoms with Gasteiger partial charge < -0.3 is 20.1 Å². The van der Waals surface area contributed by atoms with Gasteiger partial charge in [-0.1, -0.05) is 62.4 Å². The van der Waals surface area contributed by atoms with E-state index in [9.17, 15) is 9.59 Å². The predicted octanol–water partition coefficient (Wildman–Crippen LogP) is 5.81. The molecule has 3 aromatic carbocycles. The molecule has 6 nitrogen and oxygen atoms in total. The van der Waals surface area contributed by atoms with Crippen molar-refractivity contribution in [2.75, 3.05) is 5.32 Å². The van der Waals surface area contributed by atoms with Gasteiger partial charge in [0.25, 0.3) is 5.91 Å². The molecule has 0 spiro atoms. The molecule has 1 unspecified atom stereocenters. The molecule has 0 aliphatic heterocycles. The van der Waals surface area contributed by atoms with Crippen molar-refractivity contribution in [1.82, 2.24) is 5.32 Å². The van der Waals surface area contributed by atoms with Gasteiger partial charge in [-0.15, -0.1) is 11.8 Å². The van der Waals surface area contributed by atoms with Crippen LogP contribution < -0.4 is 15.4 Å². The van der Waals surface area contributed by atoms with E-state index in [4.69, 9.17) is 9.47 Å². The maximum Gasteiger partial charge on any atom is 0.408 e. The van der Waals surface area contributed by atoms with E-state index in [1.54, 1.807) is 24.3 Å². The van der Waals surface area contributed by atoms with Crippen LogP contribution in [-0.4, -0.2) is 22.6 Å². The van der Waals surface area contributed by atoms with Crippen molar-refractivity contribution in [3.8, 4) is 11.5 Å². The molecule has 1 atom stereocenters. The zero-order chi connectivity index (χ0) is 22.8. The Kier molecular flexibility index (Phi) is 8.57. The highest BCUT2D eigenvalue weighted by molar-refractivity contribution is 8.01. The van der Waals surface area contributed by atoms with E-state index in [2.05, 4.69) is 10.6 Å². The molecule has 166 valence electrons. The fraction of sp³-hybridized carbons (Fsp3) is 0.200. The Bertz CT molecular complexity index is 995. The third kappa shape index (κ3) is 7.67. The maximum absolute atomic E-state index is 12.8. The van der Waals surface area contributed by atoms with Gasteiger partial charge in [0, 0.05) is 10.9 Å². The third-order valence-corrected chi connectivity index (χ3v) is 5.36. The monoisotopic (exact) mass is 450 g/mol. The summed E-state index contributed by atoms with van der Waals surface area (Å²) >= 11 is 1.33. The first kappa shape index (κ1) is 23.2. The van der Waals surface area contributed by atoms with Gasteiger partial charge in [-0.3, -0.25) is 4.79 Å². The quantitative estimate of drug-likeness (QED) is 0.402. The molecular formula is C25H26N2O4S. The number of ether oxygens (including phenoxy) is 2. The molecule has 7 heteroatoms. The van der Waals surface area contributed by atoms with Crippen LogP contribution in [-0.2, 0) is 16.1 Å². The van der Waals surface area contributed by atoms with Crippen LogP contribution in [0.2, 0.25) is 0 Å². The smallest absolute Gasteiger partial charge is 0.408 e. The van der Waals surface area contributed by atoms with Crippen molar-refractivity contribution in [3.63, 3.8) is 0 Å². The Morgan fingerprint density at radius 1 is 0.844 bits per heavy atom. The first-order valence-electron chi connectivity index (χ1n) is 10.3. The summed E-state index contributed by atoms with van der Waals surface area (Å²) in [6.07, 6.45) is -0.645. The zero-order valence-corrected chi connectivity index (χ0v) is 18.8. The second kappa shape index (κ2) is 11.8. The molecule has 0 aromatic heterocycles. The van der Waals surface area contributed by atoms with Crippen LogP contribution in [0.3, 0.4) is 0 Å². The standard InChI is InChI=1S/C25H26N2O4S/c1-18(2)32-24(27-25(29)30-17-19-9-5-3-6-10-19)23(28)26-20-13-15-22(16-14-20)31-21-11-7-4-8-12-21/h3-16,18,24H,17H2,1-2H3,(H,26,28)(H,27,29). The van der Waals surface area contributed by atoms with E-state index in [0.717, 1.165) is 11.3 Å². The summed E-state index contributed by atoms with van der Waals surface area (Å²) in [5.74, 6) is 1.05. The number of benzene rings is 3. The largest absolute Gasteiger partial charge is 0.457 e. The minimum absolute atomic E-state index is 0.127. The summed E-state index contributed by atoms with van der Waals surface area (Å²) in [4.78, 5) is 25.0. The predicted molar refractivity (Wildman–Crippen MR) is 128 cm³/mol. The molecule has 32 heavy (non-hydrogen) atoms. The van der Waals surface area contributed by atoms with Crippen LogP contribution in [0, 0.1) is 0 Å². The minimum Gasteiger partial charge on any atom is -0.457 e. The van der Waals surface area contributed by atoms with E-state index in [0.29, 0.717) is 11.4 Å². The van der Waals surface area contributed by atoms with Crippen molar-refractivity contribution < 1.29 is 19.1 Å². The molecule has 2 N–H and O–H groups in total. The number of nitrogens with one attached hydrogen (secondary N) is 2. The number of para-hydroxylation sites is 1. The maximum atomic E-state index is 12.8. The topological polar surface area (TPSA) is 76.7 Å². The summed E-state index contributed by atoms with van der Waals surface area (Å²) in [5, 5.41) is 4.81. The molecule has 0 heterocycles. The van der Waals surface area contributed by atoms with Gasteiger partial charge in [0.05, 0.1) is 0 Å². The highest BCUT2D eigenvalue weighted by Gasteiger charge is 2.23. The molecule has 3 rings (SSSR count). The summed E-state index contributed by atoms with van der Waals surface area (Å²) in [6.45, 7) is 4.05. The number of amides is 2. The number of carbonyl (C=O) groups excluding carboxylic acids is 2. The van der Waals surface area contributed by atoms with Gasteiger partial charge in [-0.25, -0.2) is 4.79 Å². The normalized spacial score (nSPS) is 11.5. The fourth-order valence-corrected chi connectivity index (χ4v) is 3.64. The Balaban J connectivity index is 1.55. The Labute approximate surface area is 192 Å². The summed E-state index contributed by atoms with van der Waals surface area (Å²) < 4.78 is 11.0. The van der Waals surface area contributed by atoms with Gasteiger partial charge in [0.2, 0.25) is 0 Å². The van der Waals surface area contributed by atoms with Gasteiger partial charge in [-0.05, 0) is 42.0 Å². The summed E-state index contributed by atoms with van der Waals surface area (Å²) in [6, 6.07) is 25.9. The number of hydrogen-bond acceptors (Lipinski definition) is 5.